The van der Waals surface area contributed by atoms with Gasteiger partial charge < -0.3 is 9.84 Å². The molecule has 0 radical (unpaired) electrons. The van der Waals surface area contributed by atoms with E-state index in [1.807, 2.05) is 0 Å². The molecule has 7 heteroatoms. The lowest BCUT2D eigenvalue weighted by Crippen LogP contribution is -1.99. The molecule has 0 bridgehead atoms. The molecule has 0 aliphatic heterocycles. The Hall–Kier alpha value is -1.76. The quantitative estimate of drug-likeness (QED) is 0.477. The largest absolute Gasteiger partial charge is 0.487 e. The average Bonchev–Trinajstić information content (AvgIpc) is 2.26. The molecular weight excluding hydrogens is 246 g/mol. The van der Waals surface area contributed by atoms with E-state index in [2.05, 4.69) is 0 Å². The first kappa shape index (κ1) is 13.3. The first-order chi connectivity index (χ1) is 8.04. The van der Waals surface area contributed by atoms with Crippen LogP contribution in [0.2, 0.25) is 0 Å². The fourth-order valence-corrected chi connectivity index (χ4v) is 1.80. The van der Waals surface area contributed by atoms with Gasteiger partial charge in [-0.25, -0.2) is 0 Å². The molecule has 0 saturated heterocycles. The fraction of sp³-hybridized carbons (Fsp3) is 0.300. The predicted octanol–water partition coefficient (Wildman–Crippen LogP) is 2.17. The minimum atomic E-state index is -0.939. The van der Waals surface area contributed by atoms with Crippen molar-refractivity contribution in [1.29, 1.82) is 0 Å². The number of thioether (sulfide) groups is 1. The van der Waals surface area contributed by atoms with Crippen LogP contribution in [0, 0.1) is 10.1 Å². The van der Waals surface area contributed by atoms with Crippen LogP contribution in [-0.2, 0) is 4.79 Å². The third kappa shape index (κ3) is 3.95. The zero-order valence-corrected chi connectivity index (χ0v) is 9.90. The lowest BCUT2D eigenvalue weighted by Gasteiger charge is -2.06. The molecule has 0 unspecified atom stereocenters. The van der Waals surface area contributed by atoms with Gasteiger partial charge in [-0.2, -0.15) is 0 Å². The number of ether oxygens (including phenoxy) is 1. The van der Waals surface area contributed by atoms with Crippen LogP contribution in [0.25, 0.3) is 0 Å². The highest BCUT2D eigenvalue weighted by atomic mass is 32.2. The smallest absolute Gasteiger partial charge is 0.313 e. The van der Waals surface area contributed by atoms with E-state index in [1.165, 1.54) is 18.2 Å². The topological polar surface area (TPSA) is 89.7 Å². The zero-order valence-electron chi connectivity index (χ0n) is 9.08. The van der Waals surface area contributed by atoms with Crippen molar-refractivity contribution in [2.45, 2.75) is 11.8 Å². The van der Waals surface area contributed by atoms with E-state index in [-0.39, 0.29) is 17.2 Å². The van der Waals surface area contributed by atoms with E-state index in [0.29, 0.717) is 11.5 Å². The number of aliphatic carboxylic acids is 1. The van der Waals surface area contributed by atoms with Crippen LogP contribution in [0.1, 0.15) is 6.92 Å². The fourth-order valence-electron chi connectivity index (χ4n) is 1.15. The van der Waals surface area contributed by atoms with Crippen molar-refractivity contribution in [2.75, 3.05) is 12.4 Å². The van der Waals surface area contributed by atoms with Gasteiger partial charge in [0, 0.05) is 17.0 Å². The minimum absolute atomic E-state index is 0.0939. The molecule has 6 nitrogen and oxygen atoms in total. The second-order valence-corrected chi connectivity index (χ2v) is 4.05. The van der Waals surface area contributed by atoms with Crippen LogP contribution >= 0.6 is 11.8 Å². The molecule has 0 amide bonds. The summed E-state index contributed by atoms with van der Waals surface area (Å²) in [5, 5.41) is 19.2. The molecule has 92 valence electrons. The van der Waals surface area contributed by atoms with E-state index in [9.17, 15) is 14.9 Å². The average molecular weight is 257 g/mol. The van der Waals surface area contributed by atoms with Crippen LogP contribution in [0.4, 0.5) is 5.69 Å². The maximum Gasteiger partial charge on any atom is 0.313 e. The second-order valence-electron chi connectivity index (χ2n) is 3.00. The van der Waals surface area contributed by atoms with E-state index in [4.69, 9.17) is 9.84 Å². The number of rotatable bonds is 6. The number of carboxylic acid groups (broad SMARTS) is 1. The molecule has 0 aliphatic rings. The molecule has 1 aromatic rings. The Morgan fingerprint density at radius 2 is 2.29 bits per heavy atom. The second kappa shape index (κ2) is 6.09. The van der Waals surface area contributed by atoms with Crippen molar-refractivity contribution in [2.24, 2.45) is 0 Å². The lowest BCUT2D eigenvalue weighted by molar-refractivity contribution is -0.385. The van der Waals surface area contributed by atoms with Gasteiger partial charge in [-0.05, 0) is 13.0 Å². The lowest BCUT2D eigenvalue weighted by atomic mass is 10.3. The summed E-state index contributed by atoms with van der Waals surface area (Å²) < 4.78 is 5.14. The number of hydrogen-bond donors (Lipinski definition) is 1. The third-order valence-electron chi connectivity index (χ3n) is 1.79. The highest BCUT2D eigenvalue weighted by Gasteiger charge is 2.15. The molecule has 0 aliphatic carbocycles. The highest BCUT2D eigenvalue weighted by Crippen LogP contribution is 2.31. The van der Waals surface area contributed by atoms with Gasteiger partial charge in [0.05, 0.1) is 17.3 Å². The van der Waals surface area contributed by atoms with Gasteiger partial charge in [0.1, 0.15) is 0 Å². The Morgan fingerprint density at radius 3 is 2.82 bits per heavy atom. The summed E-state index contributed by atoms with van der Waals surface area (Å²) >= 11 is 1.09. The highest BCUT2D eigenvalue weighted by molar-refractivity contribution is 8.00. The Kier molecular flexibility index (Phi) is 4.77. The molecular formula is C10H11NO5S. The van der Waals surface area contributed by atoms with Crippen molar-refractivity contribution in [3.8, 4) is 5.75 Å². The molecule has 0 fully saturated rings. The van der Waals surface area contributed by atoms with E-state index >= 15 is 0 Å². The van der Waals surface area contributed by atoms with Crippen molar-refractivity contribution in [1.82, 2.24) is 0 Å². The number of hydrogen-bond acceptors (Lipinski definition) is 5. The summed E-state index contributed by atoms with van der Waals surface area (Å²) in [5.41, 5.74) is -0.119. The number of nitro benzene ring substituents is 1. The van der Waals surface area contributed by atoms with Crippen LogP contribution < -0.4 is 4.74 Å². The Labute approximate surface area is 102 Å². The summed E-state index contributed by atoms with van der Waals surface area (Å²) in [6.07, 6.45) is 0. The summed E-state index contributed by atoms with van der Waals surface area (Å²) in [6, 6.07) is 4.30. The molecule has 1 aromatic carbocycles. The van der Waals surface area contributed by atoms with Crippen molar-refractivity contribution in [3.05, 3.63) is 28.3 Å². The number of nitro groups is 1. The maximum absolute atomic E-state index is 10.7. The number of carbonyl (C=O) groups is 1. The van der Waals surface area contributed by atoms with Gasteiger partial charge in [0.25, 0.3) is 0 Å². The Morgan fingerprint density at radius 1 is 1.59 bits per heavy atom. The predicted molar refractivity (Wildman–Crippen MR) is 62.6 cm³/mol. The number of carboxylic acids is 1. The number of benzene rings is 1. The van der Waals surface area contributed by atoms with Crippen LogP contribution in [0.15, 0.2) is 23.1 Å². The van der Waals surface area contributed by atoms with Gasteiger partial charge in [-0.15, -0.1) is 11.8 Å². The van der Waals surface area contributed by atoms with Gasteiger partial charge >= 0.3 is 11.7 Å². The zero-order chi connectivity index (χ0) is 12.8. The van der Waals surface area contributed by atoms with E-state index in [1.54, 1.807) is 6.92 Å². The molecule has 0 atom stereocenters. The summed E-state index contributed by atoms with van der Waals surface area (Å²) in [5.74, 6) is -0.872. The van der Waals surface area contributed by atoms with Crippen molar-refractivity contribution in [3.63, 3.8) is 0 Å². The summed E-state index contributed by atoms with van der Waals surface area (Å²) in [4.78, 5) is 21.2. The van der Waals surface area contributed by atoms with Gasteiger partial charge in [0.2, 0.25) is 0 Å². The normalized spacial score (nSPS) is 9.94. The number of nitrogens with zero attached hydrogens (tertiary/aromatic N) is 1. The molecule has 0 heterocycles. The third-order valence-corrected chi connectivity index (χ3v) is 2.77. The first-order valence-corrected chi connectivity index (χ1v) is 5.79. The van der Waals surface area contributed by atoms with Gasteiger partial charge in [0.15, 0.2) is 5.75 Å². The molecule has 0 aromatic heterocycles. The van der Waals surface area contributed by atoms with Crippen molar-refractivity contribution < 1.29 is 19.6 Å². The van der Waals surface area contributed by atoms with Crippen LogP contribution in [-0.4, -0.2) is 28.4 Å². The summed E-state index contributed by atoms with van der Waals surface area (Å²) in [7, 11) is 0. The minimum Gasteiger partial charge on any atom is -0.487 e. The monoisotopic (exact) mass is 257 g/mol. The standard InChI is InChI=1S/C10H11NO5S/c1-2-16-9-5-7(17-6-10(12)13)3-4-8(9)11(14)15/h3-5H,2,6H2,1H3,(H,12,13). The Bertz CT molecular complexity index is 435. The molecule has 1 rings (SSSR count). The SMILES string of the molecule is CCOc1cc(SCC(=O)O)ccc1[N+](=O)[O-]. The first-order valence-electron chi connectivity index (χ1n) is 4.80. The van der Waals surface area contributed by atoms with Crippen LogP contribution in [0.3, 0.4) is 0 Å². The van der Waals surface area contributed by atoms with Crippen LogP contribution in [0.5, 0.6) is 5.75 Å². The molecule has 1 N–H and O–H groups in total. The molecule has 0 saturated carbocycles. The van der Waals surface area contributed by atoms with Gasteiger partial charge in [-0.1, -0.05) is 0 Å². The Balaban J connectivity index is 2.92. The summed E-state index contributed by atoms with van der Waals surface area (Å²) in [6.45, 7) is 2.04. The van der Waals surface area contributed by atoms with Gasteiger partial charge in [-0.3, -0.25) is 14.9 Å². The van der Waals surface area contributed by atoms with E-state index in [0.717, 1.165) is 11.8 Å². The molecule has 0 spiro atoms. The maximum atomic E-state index is 10.7. The molecule has 17 heavy (non-hydrogen) atoms. The van der Waals surface area contributed by atoms with E-state index < -0.39 is 10.9 Å². The van der Waals surface area contributed by atoms with Crippen molar-refractivity contribution >= 4 is 23.4 Å².